The van der Waals surface area contributed by atoms with Crippen LogP contribution >= 0.6 is 0 Å². The van der Waals surface area contributed by atoms with E-state index in [9.17, 15) is 9.59 Å². The number of hydrogen-bond donors (Lipinski definition) is 1. The first-order valence-electron chi connectivity index (χ1n) is 9.34. The van der Waals surface area contributed by atoms with E-state index in [0.29, 0.717) is 30.3 Å². The molecule has 1 atom stereocenters. The summed E-state index contributed by atoms with van der Waals surface area (Å²) in [4.78, 5) is 29.7. The molecule has 2 aromatic carbocycles. The lowest BCUT2D eigenvalue weighted by Crippen LogP contribution is -2.45. The number of morpholine rings is 1. The minimum Gasteiger partial charge on any atom is -0.484 e. The second-order valence-corrected chi connectivity index (χ2v) is 6.62. The molecule has 1 aliphatic heterocycles. The Bertz CT molecular complexity index is 1020. The number of aromatic carboxylic acids is 1. The minimum absolute atomic E-state index is 0.113. The monoisotopic (exact) mass is 409 g/mol. The van der Waals surface area contributed by atoms with E-state index in [-0.39, 0.29) is 30.6 Å². The van der Waals surface area contributed by atoms with Crippen molar-refractivity contribution in [3.05, 3.63) is 66.1 Å². The summed E-state index contributed by atoms with van der Waals surface area (Å²) in [5.74, 6) is -0.0552. The number of carbonyl (C=O) groups is 2. The molecule has 154 valence electrons. The molecule has 1 aliphatic rings. The molecule has 0 spiro atoms. The third kappa shape index (κ3) is 4.31. The van der Waals surface area contributed by atoms with Crippen LogP contribution in [-0.2, 0) is 9.53 Å². The average Bonchev–Trinajstić information content (AvgIpc) is 3.28. The Morgan fingerprint density at radius 1 is 1.13 bits per heavy atom. The van der Waals surface area contributed by atoms with Gasteiger partial charge in [-0.05, 0) is 24.3 Å². The first-order chi connectivity index (χ1) is 14.6. The van der Waals surface area contributed by atoms with Crippen LogP contribution in [0.1, 0.15) is 22.3 Å². The lowest BCUT2D eigenvalue weighted by molar-refractivity contribution is -0.143. The predicted octanol–water partition coefficient (Wildman–Crippen LogP) is 2.41. The molecule has 1 saturated heterocycles. The number of ether oxygens (including phenoxy) is 2. The molecule has 1 fully saturated rings. The van der Waals surface area contributed by atoms with Crippen LogP contribution in [0, 0.1) is 0 Å². The van der Waals surface area contributed by atoms with Gasteiger partial charge in [-0.1, -0.05) is 35.5 Å². The van der Waals surface area contributed by atoms with E-state index in [1.165, 1.54) is 12.1 Å². The SMILES string of the molecule is O=C(O)c1ccc(-c2noc(C3COCCN3C(=O)COc3ccccc3)n2)cc1. The van der Waals surface area contributed by atoms with Gasteiger partial charge >= 0.3 is 5.97 Å². The van der Waals surface area contributed by atoms with Gasteiger partial charge < -0.3 is 24.0 Å². The van der Waals surface area contributed by atoms with E-state index in [0.717, 1.165) is 0 Å². The van der Waals surface area contributed by atoms with E-state index in [1.807, 2.05) is 18.2 Å². The van der Waals surface area contributed by atoms with Crippen LogP contribution in [0.15, 0.2) is 59.1 Å². The molecule has 9 heteroatoms. The number of carbonyl (C=O) groups excluding carboxylic acids is 1. The van der Waals surface area contributed by atoms with Gasteiger partial charge in [0.05, 0.1) is 18.8 Å². The number of benzene rings is 2. The van der Waals surface area contributed by atoms with E-state index >= 15 is 0 Å². The maximum absolute atomic E-state index is 12.7. The number of aromatic nitrogens is 2. The normalized spacial score (nSPS) is 16.3. The smallest absolute Gasteiger partial charge is 0.335 e. The molecule has 0 saturated carbocycles. The third-order valence-electron chi connectivity index (χ3n) is 4.67. The zero-order valence-corrected chi connectivity index (χ0v) is 15.9. The summed E-state index contributed by atoms with van der Waals surface area (Å²) in [6, 6.07) is 14.7. The molecule has 0 radical (unpaired) electrons. The van der Waals surface area contributed by atoms with E-state index in [1.54, 1.807) is 29.2 Å². The van der Waals surface area contributed by atoms with Crippen LogP contribution in [0.5, 0.6) is 5.75 Å². The molecule has 9 nitrogen and oxygen atoms in total. The average molecular weight is 409 g/mol. The van der Waals surface area contributed by atoms with Crippen LogP contribution in [0.2, 0.25) is 0 Å². The highest BCUT2D eigenvalue weighted by molar-refractivity contribution is 5.88. The predicted molar refractivity (Wildman–Crippen MR) is 104 cm³/mol. The van der Waals surface area contributed by atoms with Crippen molar-refractivity contribution in [2.24, 2.45) is 0 Å². The topological polar surface area (TPSA) is 115 Å². The number of carboxylic acids is 1. The van der Waals surface area contributed by atoms with Gasteiger partial charge in [-0.15, -0.1) is 0 Å². The quantitative estimate of drug-likeness (QED) is 0.660. The van der Waals surface area contributed by atoms with E-state index < -0.39 is 12.0 Å². The van der Waals surface area contributed by atoms with Gasteiger partial charge in [-0.25, -0.2) is 4.79 Å². The number of hydrogen-bond acceptors (Lipinski definition) is 7. The van der Waals surface area contributed by atoms with Crippen LogP contribution < -0.4 is 4.74 Å². The Balaban J connectivity index is 1.47. The fourth-order valence-corrected chi connectivity index (χ4v) is 3.10. The van der Waals surface area contributed by atoms with Gasteiger partial charge in [0, 0.05) is 12.1 Å². The molecule has 30 heavy (non-hydrogen) atoms. The zero-order chi connectivity index (χ0) is 20.9. The fraction of sp³-hybridized carbons (Fsp3) is 0.238. The van der Waals surface area contributed by atoms with Crippen LogP contribution in [-0.4, -0.2) is 58.4 Å². The maximum atomic E-state index is 12.7. The van der Waals surface area contributed by atoms with Crippen LogP contribution in [0.4, 0.5) is 0 Å². The highest BCUT2D eigenvalue weighted by Crippen LogP contribution is 2.26. The fourth-order valence-electron chi connectivity index (χ4n) is 3.10. The van der Waals surface area contributed by atoms with Crippen molar-refractivity contribution in [3.8, 4) is 17.1 Å². The van der Waals surface area contributed by atoms with Crippen molar-refractivity contribution in [2.45, 2.75) is 6.04 Å². The Labute approximate surface area is 171 Å². The van der Waals surface area contributed by atoms with Gasteiger partial charge in [0.25, 0.3) is 11.8 Å². The summed E-state index contributed by atoms with van der Waals surface area (Å²) in [6.07, 6.45) is 0. The second kappa shape index (κ2) is 8.75. The summed E-state index contributed by atoms with van der Waals surface area (Å²) in [6.45, 7) is 0.909. The van der Waals surface area contributed by atoms with Crippen molar-refractivity contribution >= 4 is 11.9 Å². The first kappa shape index (κ1) is 19.6. The zero-order valence-electron chi connectivity index (χ0n) is 15.9. The van der Waals surface area contributed by atoms with Crippen molar-refractivity contribution < 1.29 is 28.7 Å². The molecular formula is C21H19N3O6. The first-order valence-corrected chi connectivity index (χ1v) is 9.34. The molecule has 1 amide bonds. The molecule has 3 aromatic rings. The molecule has 1 unspecified atom stereocenters. The van der Waals surface area contributed by atoms with Crippen LogP contribution in [0.25, 0.3) is 11.4 Å². The van der Waals surface area contributed by atoms with Gasteiger partial charge in [0.15, 0.2) is 6.61 Å². The van der Waals surface area contributed by atoms with Crippen molar-refractivity contribution in [2.75, 3.05) is 26.4 Å². The second-order valence-electron chi connectivity index (χ2n) is 6.62. The third-order valence-corrected chi connectivity index (χ3v) is 4.67. The number of amides is 1. The summed E-state index contributed by atoms with van der Waals surface area (Å²) in [7, 11) is 0. The number of nitrogens with zero attached hydrogens (tertiary/aromatic N) is 3. The van der Waals surface area contributed by atoms with Crippen molar-refractivity contribution in [1.82, 2.24) is 15.0 Å². The standard InChI is InChI=1S/C21H19N3O6/c25-18(13-29-16-4-2-1-3-5-16)24-10-11-28-12-17(24)20-22-19(23-30-20)14-6-8-15(9-7-14)21(26)27/h1-9,17H,10-13H2,(H,26,27). The number of rotatable bonds is 6. The molecule has 0 aliphatic carbocycles. The minimum atomic E-state index is -1.01. The highest BCUT2D eigenvalue weighted by atomic mass is 16.5. The highest BCUT2D eigenvalue weighted by Gasteiger charge is 2.33. The van der Waals surface area contributed by atoms with E-state index in [4.69, 9.17) is 19.1 Å². The molecule has 2 heterocycles. The molecule has 1 aromatic heterocycles. The molecular weight excluding hydrogens is 390 g/mol. The number of carboxylic acid groups (broad SMARTS) is 1. The summed E-state index contributed by atoms with van der Waals surface area (Å²) in [5.41, 5.74) is 0.773. The lowest BCUT2D eigenvalue weighted by atomic mass is 10.1. The largest absolute Gasteiger partial charge is 0.484 e. The Morgan fingerprint density at radius 2 is 1.90 bits per heavy atom. The van der Waals surface area contributed by atoms with Gasteiger partial charge in [0.2, 0.25) is 5.82 Å². The maximum Gasteiger partial charge on any atom is 0.335 e. The van der Waals surface area contributed by atoms with Crippen LogP contribution in [0.3, 0.4) is 0 Å². The van der Waals surface area contributed by atoms with Crippen molar-refractivity contribution in [1.29, 1.82) is 0 Å². The lowest BCUT2D eigenvalue weighted by Gasteiger charge is -2.33. The Hall–Kier alpha value is -3.72. The number of para-hydroxylation sites is 1. The molecule has 1 N–H and O–H groups in total. The van der Waals surface area contributed by atoms with Gasteiger partial charge in [-0.2, -0.15) is 4.98 Å². The molecule has 0 bridgehead atoms. The summed E-state index contributed by atoms with van der Waals surface area (Å²) < 4.78 is 16.5. The van der Waals surface area contributed by atoms with Gasteiger partial charge in [-0.3, -0.25) is 4.79 Å². The Kier molecular flexibility index (Phi) is 5.71. The molecule has 4 rings (SSSR count). The van der Waals surface area contributed by atoms with Crippen molar-refractivity contribution in [3.63, 3.8) is 0 Å². The van der Waals surface area contributed by atoms with E-state index in [2.05, 4.69) is 10.1 Å². The summed E-state index contributed by atoms with van der Waals surface area (Å²) >= 11 is 0. The van der Waals surface area contributed by atoms with Gasteiger partial charge in [0.1, 0.15) is 11.8 Å². The summed E-state index contributed by atoms with van der Waals surface area (Å²) in [5, 5.41) is 13.0. The Morgan fingerprint density at radius 3 is 2.63 bits per heavy atom.